The first-order valence-electron chi connectivity index (χ1n) is 5.84. The van der Waals surface area contributed by atoms with E-state index in [0.717, 1.165) is 11.1 Å². The van der Waals surface area contributed by atoms with Gasteiger partial charge in [-0.05, 0) is 11.6 Å². The molecule has 2 aromatic carbocycles. The molecule has 4 heteroatoms. The van der Waals surface area contributed by atoms with Crippen LogP contribution >= 0.6 is 0 Å². The van der Waals surface area contributed by atoms with Crippen molar-refractivity contribution in [3.8, 4) is 11.1 Å². The van der Waals surface area contributed by atoms with E-state index in [2.05, 4.69) is 10.1 Å². The van der Waals surface area contributed by atoms with Crippen molar-refractivity contribution >= 4 is 17.6 Å². The third kappa shape index (κ3) is 1.69. The van der Waals surface area contributed by atoms with Gasteiger partial charge in [0.05, 0.1) is 12.8 Å². The maximum atomic E-state index is 12.3. The molecule has 0 radical (unpaired) electrons. The molecule has 19 heavy (non-hydrogen) atoms. The van der Waals surface area contributed by atoms with E-state index in [-0.39, 0.29) is 5.78 Å². The molecule has 3 rings (SSSR count). The molecule has 0 saturated heterocycles. The summed E-state index contributed by atoms with van der Waals surface area (Å²) in [5.74, 6) is -0.0147. The minimum atomic E-state index is -0.551. The van der Waals surface area contributed by atoms with Gasteiger partial charge in [0, 0.05) is 16.7 Å². The molecule has 4 nitrogen and oxygen atoms in total. The SMILES string of the molecule is COC(=O)Nc1cccc2c1-c1ccccc1C2=O. The molecule has 0 aliphatic heterocycles. The first kappa shape index (κ1) is 11.5. The van der Waals surface area contributed by atoms with Gasteiger partial charge in [-0.2, -0.15) is 0 Å². The second-order valence-corrected chi connectivity index (χ2v) is 4.22. The van der Waals surface area contributed by atoms with E-state index in [1.807, 2.05) is 18.2 Å². The van der Waals surface area contributed by atoms with Gasteiger partial charge in [0.15, 0.2) is 5.78 Å². The van der Waals surface area contributed by atoms with E-state index in [1.165, 1.54) is 7.11 Å². The highest BCUT2D eigenvalue weighted by Gasteiger charge is 2.28. The van der Waals surface area contributed by atoms with Crippen LogP contribution in [0.15, 0.2) is 42.5 Å². The topological polar surface area (TPSA) is 55.4 Å². The van der Waals surface area contributed by atoms with Gasteiger partial charge < -0.3 is 4.74 Å². The summed E-state index contributed by atoms with van der Waals surface area (Å²) in [6.45, 7) is 0. The molecule has 94 valence electrons. The number of benzene rings is 2. The Hall–Kier alpha value is -2.62. The van der Waals surface area contributed by atoms with Gasteiger partial charge in [-0.15, -0.1) is 0 Å². The largest absolute Gasteiger partial charge is 0.453 e. The number of carbonyl (C=O) groups is 2. The lowest BCUT2D eigenvalue weighted by Crippen LogP contribution is -2.11. The molecule has 0 atom stereocenters. The molecule has 0 saturated carbocycles. The average Bonchev–Trinajstić information content (AvgIpc) is 2.74. The molecular weight excluding hydrogens is 242 g/mol. The van der Waals surface area contributed by atoms with Gasteiger partial charge >= 0.3 is 6.09 Å². The molecule has 1 amide bonds. The maximum Gasteiger partial charge on any atom is 0.411 e. The number of hydrogen-bond donors (Lipinski definition) is 1. The van der Waals surface area contributed by atoms with E-state index >= 15 is 0 Å². The Kier molecular flexibility index (Phi) is 2.56. The van der Waals surface area contributed by atoms with Crippen molar-refractivity contribution < 1.29 is 14.3 Å². The van der Waals surface area contributed by atoms with Gasteiger partial charge in [0.1, 0.15) is 0 Å². The van der Waals surface area contributed by atoms with Crippen LogP contribution in [-0.2, 0) is 4.74 Å². The summed E-state index contributed by atoms with van der Waals surface area (Å²) < 4.78 is 4.59. The van der Waals surface area contributed by atoms with Crippen LogP contribution in [0.4, 0.5) is 10.5 Å². The van der Waals surface area contributed by atoms with E-state index in [1.54, 1.807) is 24.3 Å². The Morgan fingerprint density at radius 1 is 1.00 bits per heavy atom. The summed E-state index contributed by atoms with van der Waals surface area (Å²) in [6, 6.07) is 12.6. The summed E-state index contributed by atoms with van der Waals surface area (Å²) in [6.07, 6.45) is -0.551. The summed E-state index contributed by atoms with van der Waals surface area (Å²) in [5.41, 5.74) is 3.46. The van der Waals surface area contributed by atoms with Crippen LogP contribution in [0.25, 0.3) is 11.1 Å². The number of ketones is 1. The van der Waals surface area contributed by atoms with Gasteiger partial charge in [0.2, 0.25) is 0 Å². The lowest BCUT2D eigenvalue weighted by molar-refractivity contribution is 0.104. The fraction of sp³-hybridized carbons (Fsp3) is 0.0667. The number of fused-ring (bicyclic) bond motifs is 3. The van der Waals surface area contributed by atoms with Crippen molar-refractivity contribution in [1.82, 2.24) is 0 Å². The van der Waals surface area contributed by atoms with Crippen molar-refractivity contribution in [2.24, 2.45) is 0 Å². The fourth-order valence-corrected chi connectivity index (χ4v) is 2.34. The molecule has 1 aliphatic carbocycles. The second-order valence-electron chi connectivity index (χ2n) is 4.22. The Labute approximate surface area is 110 Å². The Morgan fingerprint density at radius 2 is 1.68 bits per heavy atom. The second kappa shape index (κ2) is 4.24. The van der Waals surface area contributed by atoms with Crippen LogP contribution < -0.4 is 5.32 Å². The maximum absolute atomic E-state index is 12.3. The van der Waals surface area contributed by atoms with Crippen molar-refractivity contribution in [1.29, 1.82) is 0 Å². The van der Waals surface area contributed by atoms with Crippen molar-refractivity contribution in [3.63, 3.8) is 0 Å². The molecule has 0 unspecified atom stereocenters. The number of amides is 1. The molecule has 0 bridgehead atoms. The molecule has 0 heterocycles. The van der Waals surface area contributed by atoms with Gasteiger partial charge in [-0.25, -0.2) is 4.79 Å². The summed E-state index contributed by atoms with van der Waals surface area (Å²) in [7, 11) is 1.30. The number of nitrogens with one attached hydrogen (secondary N) is 1. The van der Waals surface area contributed by atoms with Crippen molar-refractivity contribution in [2.75, 3.05) is 12.4 Å². The predicted octanol–water partition coefficient (Wildman–Crippen LogP) is 3.08. The van der Waals surface area contributed by atoms with E-state index in [0.29, 0.717) is 16.8 Å². The minimum absolute atomic E-state index is 0.0147. The quantitative estimate of drug-likeness (QED) is 0.725. The molecular formula is C15H11NO3. The lowest BCUT2D eigenvalue weighted by atomic mass is 10.0. The molecule has 1 aliphatic rings. The number of hydrogen-bond acceptors (Lipinski definition) is 3. The Balaban J connectivity index is 2.19. The third-order valence-electron chi connectivity index (χ3n) is 3.17. The number of carbonyl (C=O) groups excluding carboxylic acids is 2. The first-order valence-corrected chi connectivity index (χ1v) is 5.84. The van der Waals surface area contributed by atoms with Crippen LogP contribution in [0, 0.1) is 0 Å². The standard InChI is InChI=1S/C15H11NO3/c1-19-15(18)16-12-8-4-7-11-13(12)9-5-2-3-6-10(9)14(11)17/h2-8H,1H3,(H,16,18). The monoisotopic (exact) mass is 253 g/mol. The molecule has 0 spiro atoms. The lowest BCUT2D eigenvalue weighted by Gasteiger charge is -2.09. The zero-order chi connectivity index (χ0) is 13.4. The summed E-state index contributed by atoms with van der Waals surface area (Å²) in [4.78, 5) is 23.6. The molecule has 1 N–H and O–H groups in total. The smallest absolute Gasteiger partial charge is 0.411 e. The molecule has 2 aromatic rings. The van der Waals surface area contributed by atoms with Crippen LogP contribution in [0.2, 0.25) is 0 Å². The number of rotatable bonds is 1. The Bertz CT molecular complexity index is 692. The zero-order valence-corrected chi connectivity index (χ0v) is 10.3. The summed E-state index contributed by atoms with van der Waals surface area (Å²) >= 11 is 0. The third-order valence-corrected chi connectivity index (χ3v) is 3.17. The van der Waals surface area contributed by atoms with E-state index < -0.39 is 6.09 Å². The number of anilines is 1. The van der Waals surface area contributed by atoms with Crippen LogP contribution in [0.5, 0.6) is 0 Å². The predicted molar refractivity (Wildman–Crippen MR) is 71.3 cm³/mol. The van der Waals surface area contributed by atoms with Crippen LogP contribution in [0.1, 0.15) is 15.9 Å². The first-order chi connectivity index (χ1) is 9.22. The highest BCUT2D eigenvalue weighted by molar-refractivity contribution is 6.23. The van der Waals surface area contributed by atoms with Crippen molar-refractivity contribution in [3.05, 3.63) is 53.6 Å². The van der Waals surface area contributed by atoms with Crippen molar-refractivity contribution in [2.45, 2.75) is 0 Å². The highest BCUT2D eigenvalue weighted by atomic mass is 16.5. The number of methoxy groups -OCH3 is 1. The fourth-order valence-electron chi connectivity index (χ4n) is 2.34. The van der Waals surface area contributed by atoms with Gasteiger partial charge in [-0.3, -0.25) is 10.1 Å². The zero-order valence-electron chi connectivity index (χ0n) is 10.3. The molecule has 0 aromatic heterocycles. The minimum Gasteiger partial charge on any atom is -0.453 e. The van der Waals surface area contributed by atoms with Gasteiger partial charge in [0.25, 0.3) is 0 Å². The average molecular weight is 253 g/mol. The van der Waals surface area contributed by atoms with E-state index in [9.17, 15) is 9.59 Å². The highest BCUT2D eigenvalue weighted by Crippen LogP contribution is 2.41. The van der Waals surface area contributed by atoms with Gasteiger partial charge in [-0.1, -0.05) is 36.4 Å². The normalized spacial score (nSPS) is 11.7. The number of ether oxygens (including phenoxy) is 1. The Morgan fingerprint density at radius 3 is 2.42 bits per heavy atom. The summed E-state index contributed by atoms with van der Waals surface area (Å²) in [5, 5.41) is 2.64. The van der Waals surface area contributed by atoms with Crippen LogP contribution in [0.3, 0.4) is 0 Å². The van der Waals surface area contributed by atoms with E-state index in [4.69, 9.17) is 0 Å². The molecule has 0 fully saturated rings. The van der Waals surface area contributed by atoms with Crippen LogP contribution in [-0.4, -0.2) is 19.0 Å².